The topological polar surface area (TPSA) is 173 Å². The molecule has 2 aromatic heterocycles. The molecule has 4 aromatic rings. The molecule has 0 bridgehead atoms. The molecule has 35 heavy (non-hydrogen) atoms. The molecule has 4 N–H and O–H groups in total. The molecular weight excluding hydrogens is 504 g/mol. The first-order valence-corrected chi connectivity index (χ1v) is 10.4. The zero-order chi connectivity index (χ0) is 25.3. The number of aromatic carboxylic acids is 2. The van der Waals surface area contributed by atoms with Gasteiger partial charge in [0.1, 0.15) is 0 Å². The third kappa shape index (κ3) is 11.6. The van der Waals surface area contributed by atoms with E-state index in [4.69, 9.17) is 15.9 Å². The fourth-order valence-electron chi connectivity index (χ4n) is 2.45. The van der Waals surface area contributed by atoms with Crippen molar-refractivity contribution in [3.05, 3.63) is 84.2 Å². The number of pyridine rings is 2. The van der Waals surface area contributed by atoms with Gasteiger partial charge in [-0.05, 0) is 44.2 Å². The fraction of sp³-hybridized carbons (Fsp3) is 0.200. The number of aliphatic hydroxyl groups is 2. The van der Waals surface area contributed by atoms with Crippen molar-refractivity contribution in [2.75, 3.05) is 19.8 Å². The average Bonchev–Trinajstić information content (AvgIpc) is 2.85. The summed E-state index contributed by atoms with van der Waals surface area (Å²) < 4.78 is 0. The number of carboxylic acid groups (broad SMARTS) is 2. The number of carbonyl (C=O) groups excluding carboxylic acids is 2. The van der Waals surface area contributed by atoms with E-state index in [1.807, 2.05) is 36.4 Å². The molecule has 180 valence electrons. The molecule has 0 fully saturated rings. The molecule has 0 aliphatic rings. The number of carboxylic acids is 2. The van der Waals surface area contributed by atoms with Gasteiger partial charge in [0.25, 0.3) is 0 Å². The van der Waals surface area contributed by atoms with Gasteiger partial charge in [0.05, 0.1) is 34.4 Å². The van der Waals surface area contributed by atoms with Crippen molar-refractivity contribution in [3.63, 3.8) is 0 Å². The van der Waals surface area contributed by atoms with Gasteiger partial charge in [-0.2, -0.15) is 0 Å². The van der Waals surface area contributed by atoms with E-state index in [0.717, 1.165) is 17.2 Å². The number of aliphatic hydroxyl groups excluding tert-OH is 2. The number of para-hydroxylation sites is 2. The Balaban J connectivity index is 0.000000499. The first-order chi connectivity index (χ1) is 16.4. The number of benzene rings is 2. The van der Waals surface area contributed by atoms with Gasteiger partial charge in [-0.3, -0.25) is 0 Å². The van der Waals surface area contributed by atoms with E-state index >= 15 is 0 Å². The maximum Gasteiger partial charge on any atom is 2.00 e. The number of rotatable bonds is 4. The van der Waals surface area contributed by atoms with Gasteiger partial charge in [0, 0.05) is 24.0 Å². The Hall–Kier alpha value is -3.30. The van der Waals surface area contributed by atoms with Crippen molar-refractivity contribution in [3.8, 4) is 0 Å². The summed E-state index contributed by atoms with van der Waals surface area (Å²) in [6.07, 6.45) is 0.722. The number of aromatic nitrogens is 2. The quantitative estimate of drug-likeness (QED) is 0.318. The summed E-state index contributed by atoms with van der Waals surface area (Å²) in [6.45, 7) is 2.74. The maximum atomic E-state index is 10.5. The molecule has 0 unspecified atom stereocenters. The SMILES string of the molecule is CCO.NCCCO.O=C([O-])c1ccc2ccccc2n1.O=C([O-])c1ccc2ccccc2n1.[Zn+2]. The first kappa shape index (κ1) is 31.7. The summed E-state index contributed by atoms with van der Waals surface area (Å²) in [4.78, 5) is 28.8. The van der Waals surface area contributed by atoms with Gasteiger partial charge in [-0.25, -0.2) is 9.97 Å². The molecule has 2 aromatic carbocycles. The first-order valence-electron chi connectivity index (χ1n) is 10.4. The maximum absolute atomic E-state index is 10.5. The van der Waals surface area contributed by atoms with Crippen LogP contribution in [0.3, 0.4) is 0 Å². The van der Waals surface area contributed by atoms with E-state index in [0.29, 0.717) is 17.6 Å². The van der Waals surface area contributed by atoms with Gasteiger partial charge in [-0.1, -0.05) is 48.5 Å². The molecule has 0 saturated carbocycles. The Morgan fingerprint density at radius 2 is 1.14 bits per heavy atom. The number of hydrogen-bond donors (Lipinski definition) is 3. The Labute approximate surface area is 216 Å². The summed E-state index contributed by atoms with van der Waals surface area (Å²) in [7, 11) is 0. The number of carbonyl (C=O) groups is 2. The average molecular weight is 531 g/mol. The minimum absolute atomic E-state index is 0. The van der Waals surface area contributed by atoms with Crippen LogP contribution in [0.25, 0.3) is 21.8 Å². The van der Waals surface area contributed by atoms with Crippen LogP contribution in [0.4, 0.5) is 0 Å². The number of fused-ring (bicyclic) bond motifs is 2. The van der Waals surface area contributed by atoms with Crippen LogP contribution < -0.4 is 15.9 Å². The summed E-state index contributed by atoms with van der Waals surface area (Å²) in [5, 5.41) is 38.3. The summed E-state index contributed by atoms with van der Waals surface area (Å²) in [5.41, 5.74) is 6.26. The summed E-state index contributed by atoms with van der Waals surface area (Å²) >= 11 is 0. The predicted molar refractivity (Wildman–Crippen MR) is 126 cm³/mol. The van der Waals surface area contributed by atoms with E-state index in [1.54, 1.807) is 31.2 Å². The smallest absolute Gasteiger partial charge is 0.543 e. The van der Waals surface area contributed by atoms with E-state index in [9.17, 15) is 19.8 Å². The third-order valence-electron chi connectivity index (χ3n) is 3.98. The molecule has 0 spiro atoms. The standard InChI is InChI=1S/2C10H7NO2.C3H9NO.C2H6O.Zn/c2*12-10(13)9-6-5-7-3-1-2-4-8(7)11-9;4-2-1-3-5;1-2-3;/h2*1-6H,(H,12,13);5H,1-4H2;3H,2H2,1H3;/q;;;;+2/p-2. The zero-order valence-electron chi connectivity index (χ0n) is 19.5. The number of nitrogens with zero attached hydrogens (tertiary/aromatic N) is 2. The van der Waals surface area contributed by atoms with Crippen LogP contribution in [0.2, 0.25) is 0 Å². The molecule has 0 saturated heterocycles. The molecular formula is C25H27N3O6Zn. The Morgan fingerprint density at radius 3 is 1.43 bits per heavy atom. The van der Waals surface area contributed by atoms with E-state index in [-0.39, 0.29) is 44.1 Å². The molecule has 4 rings (SSSR count). The van der Waals surface area contributed by atoms with Crippen molar-refractivity contribution in [1.29, 1.82) is 0 Å². The van der Waals surface area contributed by atoms with Crippen LogP contribution in [0.15, 0.2) is 72.8 Å². The summed E-state index contributed by atoms with van der Waals surface area (Å²) in [6, 6.07) is 21.0. The molecule has 10 heteroatoms. The predicted octanol–water partition coefficient (Wildman–Crippen LogP) is 0.520. The fourth-order valence-corrected chi connectivity index (χ4v) is 2.45. The van der Waals surface area contributed by atoms with Crippen LogP contribution in [-0.2, 0) is 19.5 Å². The van der Waals surface area contributed by atoms with E-state index < -0.39 is 11.9 Å². The third-order valence-corrected chi connectivity index (χ3v) is 3.98. The van der Waals surface area contributed by atoms with Crippen LogP contribution in [-0.4, -0.2) is 51.9 Å². The monoisotopic (exact) mass is 529 g/mol. The Kier molecular flexibility index (Phi) is 16.4. The van der Waals surface area contributed by atoms with Gasteiger partial charge >= 0.3 is 19.5 Å². The van der Waals surface area contributed by atoms with Crippen LogP contribution in [0.5, 0.6) is 0 Å². The van der Waals surface area contributed by atoms with Crippen molar-refractivity contribution < 1.29 is 49.5 Å². The van der Waals surface area contributed by atoms with Gasteiger partial charge in [-0.15, -0.1) is 0 Å². The van der Waals surface area contributed by atoms with Crippen molar-refractivity contribution >= 4 is 33.7 Å². The van der Waals surface area contributed by atoms with Crippen molar-refractivity contribution in [1.82, 2.24) is 9.97 Å². The number of nitrogens with two attached hydrogens (primary N) is 1. The molecule has 0 aliphatic carbocycles. The molecule has 0 amide bonds. The van der Waals surface area contributed by atoms with Crippen LogP contribution >= 0.6 is 0 Å². The Bertz CT molecular complexity index is 1100. The van der Waals surface area contributed by atoms with Crippen molar-refractivity contribution in [2.45, 2.75) is 13.3 Å². The Morgan fingerprint density at radius 1 is 0.771 bits per heavy atom. The largest absolute Gasteiger partial charge is 2.00 e. The second-order valence-corrected chi connectivity index (χ2v) is 6.54. The molecule has 0 radical (unpaired) electrons. The second-order valence-electron chi connectivity index (χ2n) is 6.54. The van der Waals surface area contributed by atoms with Gasteiger partial charge in [0.15, 0.2) is 0 Å². The van der Waals surface area contributed by atoms with E-state index in [1.165, 1.54) is 12.1 Å². The zero-order valence-corrected chi connectivity index (χ0v) is 22.4. The van der Waals surface area contributed by atoms with Gasteiger partial charge in [0.2, 0.25) is 0 Å². The normalized spacial score (nSPS) is 9.26. The second kappa shape index (κ2) is 18.1. The van der Waals surface area contributed by atoms with E-state index in [2.05, 4.69) is 9.97 Å². The molecule has 0 aliphatic heterocycles. The molecule has 2 heterocycles. The number of hydrogen-bond acceptors (Lipinski definition) is 9. The van der Waals surface area contributed by atoms with Gasteiger partial charge < -0.3 is 35.7 Å². The van der Waals surface area contributed by atoms with Crippen LogP contribution in [0, 0.1) is 0 Å². The van der Waals surface area contributed by atoms with Crippen molar-refractivity contribution in [2.24, 2.45) is 5.73 Å². The van der Waals surface area contributed by atoms with Crippen LogP contribution in [0.1, 0.15) is 34.3 Å². The molecule has 0 atom stereocenters. The molecule has 9 nitrogen and oxygen atoms in total. The summed E-state index contributed by atoms with van der Waals surface area (Å²) in [5.74, 6) is -2.49. The minimum atomic E-state index is -1.24. The minimum Gasteiger partial charge on any atom is -0.543 e.